The van der Waals surface area contributed by atoms with E-state index in [0.717, 1.165) is 43.8 Å². The summed E-state index contributed by atoms with van der Waals surface area (Å²) in [6.07, 6.45) is -1.58. The highest BCUT2D eigenvalue weighted by Gasteiger charge is 2.30. The summed E-state index contributed by atoms with van der Waals surface area (Å²) in [5.74, 6) is 1.33. The van der Waals surface area contributed by atoms with E-state index in [-0.39, 0.29) is 12.6 Å². The molecule has 2 fully saturated rings. The van der Waals surface area contributed by atoms with Crippen LogP contribution in [0.2, 0.25) is 0 Å². The number of rotatable bonds is 10. The first-order valence-electron chi connectivity index (χ1n) is 11.0. The molecule has 2 atom stereocenters. The molecule has 174 valence electrons. The summed E-state index contributed by atoms with van der Waals surface area (Å²) in [5.41, 5.74) is 0.243. The lowest BCUT2D eigenvalue weighted by atomic mass is 10.1. The molecular weight excluding hydrogens is 409 g/mol. The smallest absolute Gasteiger partial charge is 0.389 e. The van der Waals surface area contributed by atoms with E-state index in [1.807, 2.05) is 6.92 Å². The number of nitrogens with zero attached hydrogens (tertiary/aromatic N) is 2. The van der Waals surface area contributed by atoms with Crippen molar-refractivity contribution >= 4 is 5.96 Å². The Labute approximate surface area is 181 Å². The average molecular weight is 443 g/mol. The maximum atomic E-state index is 12.7. The number of aliphatic imine (C=N–C) groups is 1. The van der Waals surface area contributed by atoms with Gasteiger partial charge in [0.2, 0.25) is 0 Å². The van der Waals surface area contributed by atoms with Gasteiger partial charge in [-0.15, -0.1) is 0 Å². The Hall–Kier alpha value is -1.84. The maximum Gasteiger partial charge on any atom is 0.416 e. The first-order chi connectivity index (χ1) is 14.8. The van der Waals surface area contributed by atoms with Gasteiger partial charge in [-0.1, -0.05) is 12.1 Å². The van der Waals surface area contributed by atoms with Crippen molar-refractivity contribution < 1.29 is 23.0 Å². The van der Waals surface area contributed by atoms with Crippen molar-refractivity contribution in [3.8, 4) is 0 Å². The van der Waals surface area contributed by atoms with E-state index in [9.17, 15) is 18.3 Å². The number of guanidine groups is 1. The monoisotopic (exact) mass is 442 g/mol. The quantitative estimate of drug-likeness (QED) is 0.384. The molecule has 1 aromatic carbocycles. The van der Waals surface area contributed by atoms with Crippen LogP contribution in [0.3, 0.4) is 0 Å². The first kappa shape index (κ1) is 23.8. The van der Waals surface area contributed by atoms with Crippen LogP contribution in [0.1, 0.15) is 37.3 Å². The molecule has 0 amide bonds. The number of likely N-dealkylation sites (tertiary alicyclic amines) is 1. The molecule has 1 saturated carbocycles. The molecule has 1 heterocycles. The van der Waals surface area contributed by atoms with Gasteiger partial charge in [-0.2, -0.15) is 13.2 Å². The van der Waals surface area contributed by atoms with E-state index in [4.69, 9.17) is 4.74 Å². The molecule has 3 rings (SSSR count). The third-order valence-electron chi connectivity index (χ3n) is 5.47. The molecule has 0 aromatic heterocycles. The number of aliphatic hydroxyl groups excluding tert-OH is 1. The third-order valence-corrected chi connectivity index (χ3v) is 5.47. The van der Waals surface area contributed by atoms with Crippen LogP contribution in [0, 0.1) is 5.92 Å². The van der Waals surface area contributed by atoms with Gasteiger partial charge < -0.3 is 20.5 Å². The number of halogens is 3. The summed E-state index contributed by atoms with van der Waals surface area (Å²) < 4.78 is 43.6. The van der Waals surface area contributed by atoms with Crippen LogP contribution in [0.15, 0.2) is 29.3 Å². The average Bonchev–Trinajstić information content (AvgIpc) is 3.44. The third kappa shape index (κ3) is 8.31. The highest BCUT2D eigenvalue weighted by atomic mass is 19.4. The van der Waals surface area contributed by atoms with Crippen LogP contribution in [0.25, 0.3) is 0 Å². The summed E-state index contributed by atoms with van der Waals surface area (Å²) in [6, 6.07) is 5.55. The predicted octanol–water partition coefficient (Wildman–Crippen LogP) is 2.62. The number of benzene rings is 1. The largest absolute Gasteiger partial charge is 0.416 e. The molecule has 1 aliphatic carbocycles. The maximum absolute atomic E-state index is 12.7. The second-order valence-corrected chi connectivity index (χ2v) is 8.41. The van der Waals surface area contributed by atoms with Crippen LogP contribution >= 0.6 is 0 Å². The molecule has 0 bridgehead atoms. The number of hydrogen-bond acceptors (Lipinski definition) is 4. The Bertz CT molecular complexity index is 708. The molecule has 0 radical (unpaired) electrons. The summed E-state index contributed by atoms with van der Waals surface area (Å²) in [7, 11) is 0. The van der Waals surface area contributed by atoms with Crippen LogP contribution in [0.5, 0.6) is 0 Å². The molecule has 2 aliphatic rings. The van der Waals surface area contributed by atoms with E-state index in [1.54, 1.807) is 12.1 Å². The molecule has 3 N–H and O–H groups in total. The normalized spacial score (nSPS) is 21.3. The Morgan fingerprint density at radius 2 is 2.00 bits per heavy atom. The molecule has 1 aliphatic heterocycles. The first-order valence-corrected chi connectivity index (χ1v) is 11.0. The zero-order valence-corrected chi connectivity index (χ0v) is 18.0. The van der Waals surface area contributed by atoms with Crippen molar-refractivity contribution in [1.82, 2.24) is 15.5 Å². The van der Waals surface area contributed by atoms with Gasteiger partial charge in [0.1, 0.15) is 0 Å². The van der Waals surface area contributed by atoms with Crippen molar-refractivity contribution in [3.05, 3.63) is 35.4 Å². The van der Waals surface area contributed by atoms with Gasteiger partial charge in [-0.05, 0) is 49.8 Å². The van der Waals surface area contributed by atoms with Crippen LogP contribution in [-0.2, 0) is 17.5 Å². The van der Waals surface area contributed by atoms with E-state index in [2.05, 4.69) is 20.5 Å². The minimum Gasteiger partial charge on any atom is -0.389 e. The highest BCUT2D eigenvalue weighted by molar-refractivity contribution is 5.80. The lowest BCUT2D eigenvalue weighted by Crippen LogP contribution is -2.45. The van der Waals surface area contributed by atoms with Crippen molar-refractivity contribution in [2.24, 2.45) is 10.9 Å². The van der Waals surface area contributed by atoms with Gasteiger partial charge >= 0.3 is 6.18 Å². The number of alkyl halides is 3. The van der Waals surface area contributed by atoms with Crippen molar-refractivity contribution in [3.63, 3.8) is 0 Å². The SMILES string of the molecule is CCNC(=NCC(O)COCC1CC1)NC1CCN(Cc2ccc(C(F)(F)F)cc2)C1. The lowest BCUT2D eigenvalue weighted by molar-refractivity contribution is -0.137. The summed E-state index contributed by atoms with van der Waals surface area (Å²) in [6.45, 7) is 6.22. The van der Waals surface area contributed by atoms with Gasteiger partial charge in [0.15, 0.2) is 5.96 Å². The minimum atomic E-state index is -4.31. The lowest BCUT2D eigenvalue weighted by Gasteiger charge is -2.19. The summed E-state index contributed by atoms with van der Waals surface area (Å²) in [5, 5.41) is 16.7. The summed E-state index contributed by atoms with van der Waals surface area (Å²) >= 11 is 0. The Morgan fingerprint density at radius 1 is 1.26 bits per heavy atom. The van der Waals surface area contributed by atoms with Crippen molar-refractivity contribution in [2.75, 3.05) is 39.4 Å². The Kier molecular flexibility index (Phi) is 8.57. The second kappa shape index (κ2) is 11.2. The van der Waals surface area contributed by atoms with Crippen molar-refractivity contribution in [2.45, 2.75) is 51.1 Å². The number of nitrogens with one attached hydrogen (secondary N) is 2. The van der Waals surface area contributed by atoms with Gasteiger partial charge in [0, 0.05) is 38.8 Å². The van der Waals surface area contributed by atoms with Crippen molar-refractivity contribution in [1.29, 1.82) is 0 Å². The van der Waals surface area contributed by atoms with E-state index < -0.39 is 17.8 Å². The fourth-order valence-electron chi connectivity index (χ4n) is 3.57. The van der Waals surface area contributed by atoms with E-state index >= 15 is 0 Å². The number of hydrogen-bond donors (Lipinski definition) is 3. The van der Waals surface area contributed by atoms with Gasteiger partial charge in [-0.25, -0.2) is 0 Å². The highest BCUT2D eigenvalue weighted by Crippen LogP contribution is 2.29. The van der Waals surface area contributed by atoms with Gasteiger partial charge in [0.05, 0.1) is 24.8 Å². The zero-order chi connectivity index (χ0) is 22.3. The second-order valence-electron chi connectivity index (χ2n) is 8.41. The Morgan fingerprint density at radius 3 is 2.65 bits per heavy atom. The van der Waals surface area contributed by atoms with E-state index in [0.29, 0.717) is 31.6 Å². The van der Waals surface area contributed by atoms with Crippen LogP contribution in [-0.4, -0.2) is 67.5 Å². The fourth-order valence-corrected chi connectivity index (χ4v) is 3.57. The predicted molar refractivity (Wildman–Crippen MR) is 114 cm³/mol. The van der Waals surface area contributed by atoms with Gasteiger partial charge in [0.25, 0.3) is 0 Å². The van der Waals surface area contributed by atoms with Gasteiger partial charge in [-0.3, -0.25) is 9.89 Å². The molecule has 1 aromatic rings. The molecule has 0 spiro atoms. The molecule has 9 heteroatoms. The summed E-state index contributed by atoms with van der Waals surface area (Å²) in [4.78, 5) is 6.68. The van der Waals surface area contributed by atoms with Crippen LogP contribution in [0.4, 0.5) is 13.2 Å². The molecular formula is C22H33F3N4O2. The molecule has 6 nitrogen and oxygen atoms in total. The minimum absolute atomic E-state index is 0.190. The topological polar surface area (TPSA) is 69.1 Å². The molecule has 2 unspecified atom stereocenters. The number of ether oxygens (including phenoxy) is 1. The number of aliphatic hydroxyl groups is 1. The molecule has 1 saturated heterocycles. The zero-order valence-electron chi connectivity index (χ0n) is 18.0. The van der Waals surface area contributed by atoms with E-state index in [1.165, 1.54) is 12.8 Å². The Balaban J connectivity index is 1.42. The molecule has 31 heavy (non-hydrogen) atoms. The fraction of sp³-hybridized carbons (Fsp3) is 0.682. The standard InChI is InChI=1S/C22H33F3N4O2/c1-2-26-21(27-11-20(30)15-31-14-17-3-4-17)28-19-9-10-29(13-19)12-16-5-7-18(8-6-16)22(23,24)25/h5-8,17,19-20,30H,2-4,9-15H2,1H3,(H2,26,27,28). The van der Waals surface area contributed by atoms with Crippen LogP contribution < -0.4 is 10.6 Å².